The van der Waals surface area contributed by atoms with Gasteiger partial charge in [-0.15, -0.1) is 0 Å². The predicted octanol–water partition coefficient (Wildman–Crippen LogP) is 2.38. The van der Waals surface area contributed by atoms with Crippen LogP contribution in [0.2, 0.25) is 0 Å². The van der Waals surface area contributed by atoms with E-state index in [0.717, 1.165) is 18.4 Å². The molecule has 1 N–H and O–H groups in total. The first-order valence-electron chi connectivity index (χ1n) is 3.90. The molecule has 0 aliphatic rings. The summed E-state index contributed by atoms with van der Waals surface area (Å²) in [6.45, 7) is 4.30. The van der Waals surface area contributed by atoms with E-state index < -0.39 is 0 Å². The van der Waals surface area contributed by atoms with E-state index >= 15 is 0 Å². The smallest absolute Gasteiger partial charge is 0.150 e. The third-order valence-electron chi connectivity index (χ3n) is 1.53. The van der Waals surface area contributed by atoms with Crippen LogP contribution in [0.3, 0.4) is 0 Å². The van der Waals surface area contributed by atoms with Crippen LogP contribution >= 0.6 is 11.9 Å². The fourth-order valence-corrected chi connectivity index (χ4v) is 1.33. The second-order valence-electron chi connectivity index (χ2n) is 2.47. The van der Waals surface area contributed by atoms with Crippen LogP contribution in [0, 0.1) is 0 Å². The lowest BCUT2D eigenvalue weighted by Crippen LogP contribution is -2.01. The highest BCUT2D eigenvalue weighted by Crippen LogP contribution is 2.04. The van der Waals surface area contributed by atoms with Crippen molar-refractivity contribution in [3.63, 3.8) is 0 Å². The van der Waals surface area contributed by atoms with E-state index in [0.29, 0.717) is 5.56 Å². The van der Waals surface area contributed by atoms with Gasteiger partial charge in [0, 0.05) is 12.1 Å². The molecule has 0 bridgehead atoms. The number of hydrogen-bond acceptors (Lipinski definition) is 3. The average Bonchev–Trinajstić information content (AvgIpc) is 2.19. The summed E-state index contributed by atoms with van der Waals surface area (Å²) < 4.78 is 3.09. The van der Waals surface area contributed by atoms with Crippen molar-refractivity contribution in [2.75, 3.05) is 0 Å². The van der Waals surface area contributed by atoms with E-state index in [2.05, 4.69) is 11.3 Å². The predicted molar refractivity (Wildman–Crippen MR) is 56.5 cm³/mol. The van der Waals surface area contributed by atoms with Crippen LogP contribution in [0.5, 0.6) is 0 Å². The Bertz CT molecular complexity index is 299. The quantitative estimate of drug-likeness (QED) is 0.442. The zero-order valence-electron chi connectivity index (χ0n) is 7.19. The summed E-state index contributed by atoms with van der Waals surface area (Å²) in [5.74, 6) is 0. The molecule has 1 aromatic carbocycles. The SMILES string of the molecule is C=CSNCc1cccc(C=O)c1. The Kier molecular flexibility index (Phi) is 4.29. The Morgan fingerprint density at radius 3 is 3.08 bits per heavy atom. The van der Waals surface area contributed by atoms with E-state index in [1.165, 1.54) is 11.9 Å². The molecular weight excluding hydrogens is 182 g/mol. The zero-order valence-corrected chi connectivity index (χ0v) is 8.01. The normalized spacial score (nSPS) is 9.54. The molecule has 0 radical (unpaired) electrons. The van der Waals surface area contributed by atoms with Crippen molar-refractivity contribution >= 4 is 18.2 Å². The molecule has 1 aromatic rings. The molecule has 0 heterocycles. The number of nitrogens with one attached hydrogen (secondary N) is 1. The molecule has 0 saturated heterocycles. The van der Waals surface area contributed by atoms with Gasteiger partial charge >= 0.3 is 0 Å². The minimum Gasteiger partial charge on any atom is -0.298 e. The lowest BCUT2D eigenvalue weighted by atomic mass is 10.1. The van der Waals surface area contributed by atoms with Crippen LogP contribution in [0.15, 0.2) is 36.3 Å². The van der Waals surface area contributed by atoms with Gasteiger partial charge in [0.15, 0.2) is 0 Å². The van der Waals surface area contributed by atoms with E-state index in [1.54, 1.807) is 11.5 Å². The van der Waals surface area contributed by atoms with Crippen LogP contribution in [0.4, 0.5) is 0 Å². The second-order valence-corrected chi connectivity index (χ2v) is 3.33. The first kappa shape index (κ1) is 10.0. The fraction of sp³-hybridized carbons (Fsp3) is 0.100. The summed E-state index contributed by atoms with van der Waals surface area (Å²) in [6, 6.07) is 7.50. The minimum absolute atomic E-state index is 0.711. The number of aldehydes is 1. The van der Waals surface area contributed by atoms with Gasteiger partial charge in [0.2, 0.25) is 0 Å². The summed E-state index contributed by atoms with van der Waals surface area (Å²) >= 11 is 1.44. The van der Waals surface area contributed by atoms with Crippen molar-refractivity contribution in [3.05, 3.63) is 47.4 Å². The molecule has 0 amide bonds. The summed E-state index contributed by atoms with van der Waals surface area (Å²) in [6.07, 6.45) is 0.851. The van der Waals surface area contributed by atoms with Crippen LogP contribution in [-0.2, 0) is 6.54 Å². The Morgan fingerprint density at radius 2 is 2.38 bits per heavy atom. The summed E-state index contributed by atoms with van der Waals surface area (Å²) in [5.41, 5.74) is 1.81. The maximum Gasteiger partial charge on any atom is 0.150 e. The van der Waals surface area contributed by atoms with E-state index in [-0.39, 0.29) is 0 Å². The largest absolute Gasteiger partial charge is 0.298 e. The van der Waals surface area contributed by atoms with Crippen molar-refractivity contribution in [3.8, 4) is 0 Å². The Hall–Kier alpha value is -1.06. The third kappa shape index (κ3) is 3.44. The third-order valence-corrected chi connectivity index (χ3v) is 2.01. The Morgan fingerprint density at radius 1 is 1.54 bits per heavy atom. The first-order chi connectivity index (χ1) is 6.36. The van der Waals surface area contributed by atoms with Crippen molar-refractivity contribution in [1.29, 1.82) is 0 Å². The summed E-state index contributed by atoms with van der Waals surface area (Å²) in [7, 11) is 0. The van der Waals surface area contributed by atoms with Gasteiger partial charge in [-0.1, -0.05) is 36.7 Å². The number of hydrogen-bond donors (Lipinski definition) is 1. The molecular formula is C10H11NOS. The van der Waals surface area contributed by atoms with Gasteiger partial charge < -0.3 is 0 Å². The molecule has 0 aromatic heterocycles. The maximum atomic E-state index is 10.4. The highest BCUT2D eigenvalue weighted by atomic mass is 32.2. The van der Waals surface area contributed by atoms with Gasteiger partial charge in [0.1, 0.15) is 6.29 Å². The maximum absolute atomic E-state index is 10.4. The Labute approximate surface area is 82.2 Å². The molecule has 3 heteroatoms. The second kappa shape index (κ2) is 5.56. The zero-order chi connectivity index (χ0) is 9.52. The number of carbonyl (C=O) groups excluding carboxylic acids is 1. The molecule has 2 nitrogen and oxygen atoms in total. The monoisotopic (exact) mass is 193 g/mol. The van der Waals surface area contributed by atoms with Crippen molar-refractivity contribution in [2.24, 2.45) is 0 Å². The van der Waals surface area contributed by atoms with Gasteiger partial charge in [-0.3, -0.25) is 9.52 Å². The first-order valence-corrected chi connectivity index (χ1v) is 4.78. The van der Waals surface area contributed by atoms with E-state index in [1.807, 2.05) is 18.2 Å². The molecule has 0 atom stereocenters. The molecule has 0 aliphatic heterocycles. The molecule has 13 heavy (non-hydrogen) atoms. The fourth-order valence-electron chi connectivity index (χ4n) is 0.960. The van der Waals surface area contributed by atoms with Crippen molar-refractivity contribution in [2.45, 2.75) is 6.54 Å². The standard InChI is InChI=1S/C10H11NOS/c1-2-13-11-7-9-4-3-5-10(6-9)8-12/h2-6,8,11H,1,7H2. The Balaban J connectivity index is 2.55. The molecule has 0 spiro atoms. The number of carbonyl (C=O) groups is 1. The average molecular weight is 193 g/mol. The highest BCUT2D eigenvalue weighted by molar-refractivity contribution is 8.00. The topological polar surface area (TPSA) is 29.1 Å². The molecule has 1 rings (SSSR count). The molecule has 0 saturated carbocycles. The number of rotatable bonds is 5. The van der Waals surface area contributed by atoms with Gasteiger partial charge in [-0.05, 0) is 17.0 Å². The van der Waals surface area contributed by atoms with E-state index in [4.69, 9.17) is 0 Å². The van der Waals surface area contributed by atoms with Crippen LogP contribution in [0.1, 0.15) is 15.9 Å². The summed E-state index contributed by atoms with van der Waals surface area (Å²) in [5, 5.41) is 1.73. The van der Waals surface area contributed by atoms with Gasteiger partial charge in [0.05, 0.1) is 0 Å². The van der Waals surface area contributed by atoms with Gasteiger partial charge in [-0.25, -0.2) is 0 Å². The molecule has 0 fully saturated rings. The lowest BCUT2D eigenvalue weighted by Gasteiger charge is -2.01. The van der Waals surface area contributed by atoms with Crippen LogP contribution in [0.25, 0.3) is 0 Å². The molecule has 68 valence electrons. The van der Waals surface area contributed by atoms with Gasteiger partial charge in [-0.2, -0.15) is 0 Å². The van der Waals surface area contributed by atoms with Crippen molar-refractivity contribution in [1.82, 2.24) is 4.72 Å². The van der Waals surface area contributed by atoms with Crippen LogP contribution < -0.4 is 4.72 Å². The summed E-state index contributed by atoms with van der Waals surface area (Å²) in [4.78, 5) is 10.4. The molecule has 0 unspecified atom stereocenters. The molecule has 0 aliphatic carbocycles. The van der Waals surface area contributed by atoms with Gasteiger partial charge in [0.25, 0.3) is 0 Å². The van der Waals surface area contributed by atoms with Crippen LogP contribution in [-0.4, -0.2) is 6.29 Å². The lowest BCUT2D eigenvalue weighted by molar-refractivity contribution is 0.112. The highest BCUT2D eigenvalue weighted by Gasteiger charge is 1.93. The van der Waals surface area contributed by atoms with Crippen molar-refractivity contribution < 1.29 is 4.79 Å². The van der Waals surface area contributed by atoms with E-state index in [9.17, 15) is 4.79 Å². The number of benzene rings is 1. The minimum atomic E-state index is 0.711.